The molecule has 11 heteroatoms. The van der Waals surface area contributed by atoms with Gasteiger partial charge in [0.15, 0.2) is 0 Å². The summed E-state index contributed by atoms with van der Waals surface area (Å²) in [5.41, 5.74) is 0.708. The minimum absolute atomic E-state index is 0.0392. The molecule has 4 bridgehead atoms. The summed E-state index contributed by atoms with van der Waals surface area (Å²) in [6.45, 7) is 0.548. The van der Waals surface area contributed by atoms with Gasteiger partial charge in [0.2, 0.25) is 5.91 Å². The lowest BCUT2D eigenvalue weighted by Gasteiger charge is -2.56. The van der Waals surface area contributed by atoms with Crippen LogP contribution in [0.1, 0.15) is 85.5 Å². The number of carbonyl (C=O) groups is 5. The second-order valence-electron chi connectivity index (χ2n) is 14.1. The molecule has 4 aromatic rings. The van der Waals surface area contributed by atoms with Gasteiger partial charge < -0.3 is 30.6 Å². The van der Waals surface area contributed by atoms with Crippen LogP contribution in [0.3, 0.4) is 0 Å². The molecule has 1 aromatic heterocycles. The number of hydrogen-bond donors (Lipinski definition) is 5. The second-order valence-corrected chi connectivity index (χ2v) is 14.1. The standard InChI is InChI=1S/C38H37N3O8/c42-33(39-20-38-17-22-8-23(18-38)10-24(9-22)19-38)29-15-25-6-7-49-32(25)16-30(29)34(43)41-31(11-21-4-2-1-3-5-21)35(44)40-28-13-26(36(45)46)12-27(14-28)37(47)48/h1-7,12-16,22-24,31H,8-11,17-20H2,(H,39,42)(H,40,44)(H,41,43)(H,45,46)(H,47,48)/t22?,23?,24?,31-,38?/m0/s1. The van der Waals surface area contributed by atoms with Crippen LogP contribution >= 0.6 is 0 Å². The molecule has 4 fully saturated rings. The minimum Gasteiger partial charge on any atom is -0.478 e. The summed E-state index contributed by atoms with van der Waals surface area (Å²) in [5.74, 6) is -2.32. The summed E-state index contributed by atoms with van der Waals surface area (Å²) in [5, 5.41) is 28.2. The van der Waals surface area contributed by atoms with E-state index >= 15 is 0 Å². The predicted octanol–water partition coefficient (Wildman–Crippen LogP) is 5.76. The average molecular weight is 664 g/mol. The van der Waals surface area contributed by atoms with E-state index in [2.05, 4.69) is 16.0 Å². The van der Waals surface area contributed by atoms with Crippen LogP contribution in [0.15, 0.2) is 77.4 Å². The number of nitrogens with one attached hydrogen (secondary N) is 3. The molecule has 1 heterocycles. The molecule has 4 saturated carbocycles. The van der Waals surface area contributed by atoms with Crippen LogP contribution in [0.25, 0.3) is 11.0 Å². The molecule has 49 heavy (non-hydrogen) atoms. The van der Waals surface area contributed by atoms with Gasteiger partial charge in [-0.15, -0.1) is 0 Å². The van der Waals surface area contributed by atoms with Gasteiger partial charge in [0.1, 0.15) is 11.6 Å². The van der Waals surface area contributed by atoms with Crippen LogP contribution in [-0.4, -0.2) is 52.5 Å². The third-order valence-electron chi connectivity index (χ3n) is 10.5. The lowest BCUT2D eigenvalue weighted by molar-refractivity contribution is -0.118. The maximum absolute atomic E-state index is 14.0. The highest BCUT2D eigenvalue weighted by molar-refractivity contribution is 6.11. The number of anilines is 1. The van der Waals surface area contributed by atoms with Gasteiger partial charge in [-0.1, -0.05) is 30.3 Å². The van der Waals surface area contributed by atoms with Crippen molar-refractivity contribution >= 4 is 46.3 Å². The topological polar surface area (TPSA) is 175 Å². The van der Waals surface area contributed by atoms with Gasteiger partial charge >= 0.3 is 11.9 Å². The van der Waals surface area contributed by atoms with E-state index in [4.69, 9.17) is 4.42 Å². The zero-order valence-corrected chi connectivity index (χ0v) is 26.7. The average Bonchev–Trinajstić information content (AvgIpc) is 3.54. The van der Waals surface area contributed by atoms with Gasteiger partial charge in [0.05, 0.1) is 28.5 Å². The van der Waals surface area contributed by atoms with E-state index in [0.29, 0.717) is 17.5 Å². The third-order valence-corrected chi connectivity index (χ3v) is 10.5. The van der Waals surface area contributed by atoms with E-state index in [1.807, 2.05) is 6.07 Å². The molecular formula is C38H37N3O8. The zero-order chi connectivity index (χ0) is 34.3. The van der Waals surface area contributed by atoms with Crippen LogP contribution in [0, 0.1) is 23.2 Å². The summed E-state index contributed by atoms with van der Waals surface area (Å²) in [7, 11) is 0. The predicted molar refractivity (Wildman–Crippen MR) is 180 cm³/mol. The SMILES string of the molecule is O=C(O)c1cc(NC(=O)[C@H](Cc2ccccc2)NC(=O)c2cc3occc3cc2C(=O)NCC23CC4CC(CC(C4)C2)C3)cc(C(=O)O)c1. The van der Waals surface area contributed by atoms with Crippen molar-refractivity contribution in [2.45, 2.75) is 51.0 Å². The number of benzene rings is 3. The number of fused-ring (bicyclic) bond motifs is 1. The smallest absolute Gasteiger partial charge is 0.335 e. The molecule has 0 radical (unpaired) electrons. The Labute approximate surface area is 282 Å². The molecule has 4 aliphatic carbocycles. The summed E-state index contributed by atoms with van der Waals surface area (Å²) in [6, 6.07) is 15.9. The molecule has 0 unspecified atom stereocenters. The number of carboxylic acids is 2. The van der Waals surface area contributed by atoms with E-state index in [9.17, 15) is 34.2 Å². The van der Waals surface area contributed by atoms with E-state index in [-0.39, 0.29) is 45.7 Å². The number of hydrogen-bond acceptors (Lipinski definition) is 6. The lowest BCUT2D eigenvalue weighted by Crippen LogP contribution is -2.51. The Hall–Kier alpha value is -5.45. The maximum atomic E-state index is 14.0. The van der Waals surface area contributed by atoms with Crippen LogP contribution in [0.4, 0.5) is 5.69 Å². The summed E-state index contributed by atoms with van der Waals surface area (Å²) in [4.78, 5) is 64.9. The van der Waals surface area contributed by atoms with Crippen LogP contribution in [0.2, 0.25) is 0 Å². The van der Waals surface area contributed by atoms with Crippen molar-refractivity contribution in [3.05, 3.63) is 101 Å². The normalized spacial score (nSPS) is 22.7. The van der Waals surface area contributed by atoms with Gasteiger partial charge in [-0.05, 0) is 104 Å². The molecule has 0 saturated heterocycles. The van der Waals surface area contributed by atoms with Crippen molar-refractivity contribution in [1.29, 1.82) is 0 Å². The molecule has 252 valence electrons. The van der Waals surface area contributed by atoms with Crippen molar-refractivity contribution in [1.82, 2.24) is 10.6 Å². The third kappa shape index (κ3) is 6.78. The zero-order valence-electron chi connectivity index (χ0n) is 26.7. The first-order chi connectivity index (χ1) is 23.5. The highest BCUT2D eigenvalue weighted by atomic mass is 16.4. The van der Waals surface area contributed by atoms with Crippen LogP contribution in [-0.2, 0) is 11.2 Å². The Morgan fingerprint density at radius 3 is 2.00 bits per heavy atom. The van der Waals surface area contributed by atoms with Gasteiger partial charge in [-0.3, -0.25) is 14.4 Å². The van der Waals surface area contributed by atoms with Crippen molar-refractivity contribution in [3.8, 4) is 0 Å². The first kappa shape index (κ1) is 32.1. The molecule has 11 nitrogen and oxygen atoms in total. The van der Waals surface area contributed by atoms with E-state index < -0.39 is 29.8 Å². The molecule has 5 N–H and O–H groups in total. The molecule has 3 aromatic carbocycles. The quantitative estimate of drug-likeness (QED) is 0.135. The van der Waals surface area contributed by atoms with Gasteiger partial charge in [0.25, 0.3) is 11.8 Å². The highest BCUT2D eigenvalue weighted by Crippen LogP contribution is 2.59. The van der Waals surface area contributed by atoms with Crippen molar-refractivity contribution in [3.63, 3.8) is 0 Å². The van der Waals surface area contributed by atoms with Crippen molar-refractivity contribution in [2.75, 3.05) is 11.9 Å². The molecule has 0 spiro atoms. The number of carbonyl (C=O) groups excluding carboxylic acids is 3. The Kier molecular flexibility index (Phi) is 8.43. The fraction of sp³-hybridized carbons (Fsp3) is 0.342. The van der Waals surface area contributed by atoms with Crippen molar-refractivity contribution < 1.29 is 38.6 Å². The van der Waals surface area contributed by atoms with Crippen molar-refractivity contribution in [2.24, 2.45) is 23.2 Å². The number of carboxylic acid groups (broad SMARTS) is 2. The van der Waals surface area contributed by atoms with Gasteiger partial charge in [-0.2, -0.15) is 0 Å². The summed E-state index contributed by atoms with van der Waals surface area (Å²) in [6.07, 6.45) is 8.76. The highest BCUT2D eigenvalue weighted by Gasteiger charge is 2.50. The van der Waals surface area contributed by atoms with E-state index in [1.165, 1.54) is 31.6 Å². The van der Waals surface area contributed by atoms with E-state index in [1.54, 1.807) is 36.4 Å². The Bertz CT molecular complexity index is 1900. The summed E-state index contributed by atoms with van der Waals surface area (Å²) >= 11 is 0. The number of rotatable bonds is 11. The van der Waals surface area contributed by atoms with Gasteiger partial charge in [-0.25, -0.2) is 9.59 Å². The molecule has 0 aliphatic heterocycles. The fourth-order valence-corrected chi connectivity index (χ4v) is 8.73. The number of aromatic carboxylic acids is 2. The Morgan fingerprint density at radius 1 is 0.776 bits per heavy atom. The summed E-state index contributed by atoms with van der Waals surface area (Å²) < 4.78 is 5.57. The Balaban J connectivity index is 1.15. The monoisotopic (exact) mass is 663 g/mol. The molecule has 8 rings (SSSR count). The minimum atomic E-state index is -1.37. The van der Waals surface area contributed by atoms with E-state index in [0.717, 1.165) is 60.8 Å². The maximum Gasteiger partial charge on any atom is 0.335 e. The molecule has 1 atom stereocenters. The molecule has 4 aliphatic rings. The lowest BCUT2D eigenvalue weighted by atomic mass is 9.49. The first-order valence-corrected chi connectivity index (χ1v) is 16.6. The van der Waals surface area contributed by atoms with Crippen LogP contribution < -0.4 is 16.0 Å². The Morgan fingerprint density at radius 2 is 1.39 bits per heavy atom. The number of furan rings is 1. The number of amides is 3. The molecule has 3 amide bonds. The molecular weight excluding hydrogens is 626 g/mol. The first-order valence-electron chi connectivity index (χ1n) is 16.6. The van der Waals surface area contributed by atoms with Gasteiger partial charge in [0, 0.05) is 24.0 Å². The largest absolute Gasteiger partial charge is 0.478 e. The van der Waals surface area contributed by atoms with Crippen LogP contribution in [0.5, 0.6) is 0 Å². The second kappa shape index (κ2) is 12.9. The fourth-order valence-electron chi connectivity index (χ4n) is 8.73.